The van der Waals surface area contributed by atoms with E-state index in [0.29, 0.717) is 26.4 Å². The van der Waals surface area contributed by atoms with Crippen LogP contribution in [0.1, 0.15) is 6.42 Å². The Bertz CT molecular complexity index is 755. The van der Waals surface area contributed by atoms with Crippen LogP contribution in [0.2, 0.25) is 0 Å². The lowest BCUT2D eigenvalue weighted by atomic mass is 10.2. The first kappa shape index (κ1) is 39.2. The van der Waals surface area contributed by atoms with Crippen molar-refractivity contribution >= 4 is 29.6 Å². The second-order valence-electron chi connectivity index (χ2n) is 8.74. The molecule has 0 bridgehead atoms. The van der Waals surface area contributed by atoms with Crippen LogP contribution in [0.3, 0.4) is 0 Å². The van der Waals surface area contributed by atoms with Crippen molar-refractivity contribution in [3.63, 3.8) is 0 Å². The molecule has 0 aliphatic carbocycles. The van der Waals surface area contributed by atoms with Crippen molar-refractivity contribution in [2.75, 3.05) is 126 Å². The van der Waals surface area contributed by atoms with Crippen molar-refractivity contribution in [1.82, 2.24) is 15.1 Å². The highest BCUT2D eigenvalue weighted by molar-refractivity contribution is 5.81. The maximum absolute atomic E-state index is 12.2. The van der Waals surface area contributed by atoms with E-state index in [2.05, 4.69) is 5.32 Å². The molecule has 0 aromatic heterocycles. The van der Waals surface area contributed by atoms with Crippen LogP contribution >= 0.6 is 0 Å². The number of carbonyl (C=O) groups is 5. The lowest BCUT2D eigenvalue weighted by molar-refractivity contribution is -0.143. The summed E-state index contributed by atoms with van der Waals surface area (Å²) in [5.74, 6) is -3.81. The van der Waals surface area contributed by atoms with Crippen molar-refractivity contribution in [3.05, 3.63) is 0 Å². The predicted octanol–water partition coefficient (Wildman–Crippen LogP) is -2.35. The molecule has 17 nitrogen and oxygen atoms in total. The Morgan fingerprint density at radius 2 is 1.02 bits per heavy atom. The van der Waals surface area contributed by atoms with E-state index in [9.17, 15) is 24.0 Å². The molecule has 0 saturated heterocycles. The molecule has 0 aliphatic heterocycles. The fraction of sp³-hybridized carbons (Fsp3) is 0.800. The summed E-state index contributed by atoms with van der Waals surface area (Å²) in [5.41, 5.74) is 0. The summed E-state index contributed by atoms with van der Waals surface area (Å²) >= 11 is 0. The topological polar surface area (TPSA) is 220 Å². The zero-order valence-electron chi connectivity index (χ0n) is 24.2. The van der Waals surface area contributed by atoms with Gasteiger partial charge in [-0.15, -0.1) is 0 Å². The average Bonchev–Trinajstić information content (AvgIpc) is 2.90. The number of nitrogens with one attached hydrogen (secondary N) is 1. The first-order valence-electron chi connectivity index (χ1n) is 13.4. The van der Waals surface area contributed by atoms with Crippen LogP contribution in [0.15, 0.2) is 0 Å². The van der Waals surface area contributed by atoms with Crippen molar-refractivity contribution in [2.24, 2.45) is 0 Å². The minimum absolute atomic E-state index is 0.0525. The molecule has 244 valence electrons. The van der Waals surface area contributed by atoms with Gasteiger partial charge in [-0.3, -0.25) is 33.8 Å². The van der Waals surface area contributed by atoms with Crippen molar-refractivity contribution in [3.8, 4) is 0 Å². The number of amides is 1. The Hall–Kier alpha value is -2.77. The minimum Gasteiger partial charge on any atom is -0.480 e. The number of carbonyl (C=O) groups excluding carboxylic acids is 2. The number of nitrogens with zero attached hydrogens (tertiary/aromatic N) is 2. The summed E-state index contributed by atoms with van der Waals surface area (Å²) in [4.78, 5) is 59.1. The van der Waals surface area contributed by atoms with Gasteiger partial charge < -0.3 is 49.1 Å². The molecule has 17 heteroatoms. The molecule has 0 aromatic rings. The van der Waals surface area contributed by atoms with E-state index in [1.54, 1.807) is 7.11 Å². The van der Waals surface area contributed by atoms with E-state index in [-0.39, 0.29) is 97.1 Å². The molecular weight excluding hydrogens is 566 g/mol. The van der Waals surface area contributed by atoms with Gasteiger partial charge in [-0.25, -0.2) is 0 Å². The van der Waals surface area contributed by atoms with Crippen LogP contribution in [-0.2, 0) is 52.4 Å². The number of aliphatic carboxylic acids is 3. The third-order valence-corrected chi connectivity index (χ3v) is 5.08. The van der Waals surface area contributed by atoms with Crippen LogP contribution in [0.5, 0.6) is 0 Å². The number of hydrogen-bond acceptors (Lipinski definition) is 13. The SMILES string of the molecule is COCCOCC(=O)NCCOCCOCCC(=O)CN(CCOCCOCCN(CC(=O)O)CC(=O)O)CC(=O)O. The molecule has 0 spiro atoms. The lowest BCUT2D eigenvalue weighted by Gasteiger charge is -2.19. The first-order chi connectivity index (χ1) is 20.1. The fourth-order valence-corrected chi connectivity index (χ4v) is 3.17. The quantitative estimate of drug-likeness (QED) is 0.0603. The molecule has 42 heavy (non-hydrogen) atoms. The molecule has 4 N–H and O–H groups in total. The van der Waals surface area contributed by atoms with Crippen LogP contribution in [0, 0.1) is 0 Å². The first-order valence-corrected chi connectivity index (χ1v) is 13.4. The maximum atomic E-state index is 12.2. The van der Waals surface area contributed by atoms with E-state index >= 15 is 0 Å². The summed E-state index contributed by atoms with van der Waals surface area (Å²) in [7, 11) is 1.54. The number of ether oxygens (including phenoxy) is 6. The molecule has 0 heterocycles. The molecular formula is C25H45N3O14. The molecule has 1 amide bonds. The number of hydrogen-bond donors (Lipinski definition) is 4. The average molecular weight is 612 g/mol. The number of ketones is 1. The Kier molecular flexibility index (Phi) is 25.3. The fourth-order valence-electron chi connectivity index (χ4n) is 3.17. The number of carboxylic acid groups (broad SMARTS) is 3. The van der Waals surface area contributed by atoms with Gasteiger partial charge >= 0.3 is 17.9 Å². The van der Waals surface area contributed by atoms with Gasteiger partial charge in [0.15, 0.2) is 0 Å². The Morgan fingerprint density at radius 3 is 1.52 bits per heavy atom. The number of carboxylic acids is 3. The van der Waals surface area contributed by atoms with Crippen LogP contribution in [0.4, 0.5) is 0 Å². The van der Waals surface area contributed by atoms with Crippen LogP contribution < -0.4 is 5.32 Å². The summed E-state index contributed by atoms with van der Waals surface area (Å²) in [6, 6.07) is 0. The van der Waals surface area contributed by atoms with E-state index in [1.807, 2.05) is 0 Å². The van der Waals surface area contributed by atoms with Crippen LogP contribution in [-0.4, -0.2) is 180 Å². The third kappa shape index (κ3) is 27.4. The van der Waals surface area contributed by atoms with Gasteiger partial charge in [0.05, 0.1) is 92.2 Å². The maximum Gasteiger partial charge on any atom is 0.317 e. The van der Waals surface area contributed by atoms with E-state index in [4.69, 9.17) is 43.7 Å². The molecule has 0 aliphatic rings. The zero-order valence-corrected chi connectivity index (χ0v) is 24.2. The van der Waals surface area contributed by atoms with Crippen molar-refractivity contribution in [2.45, 2.75) is 6.42 Å². The second-order valence-corrected chi connectivity index (χ2v) is 8.74. The number of methoxy groups -OCH3 is 1. The highest BCUT2D eigenvalue weighted by Gasteiger charge is 2.15. The van der Waals surface area contributed by atoms with Gasteiger partial charge in [-0.1, -0.05) is 0 Å². The molecule has 0 saturated carbocycles. The van der Waals surface area contributed by atoms with Crippen LogP contribution in [0.25, 0.3) is 0 Å². The van der Waals surface area contributed by atoms with Gasteiger partial charge in [0, 0.05) is 33.2 Å². The second kappa shape index (κ2) is 27.1. The van der Waals surface area contributed by atoms with E-state index < -0.39 is 31.0 Å². The molecule has 0 atom stereocenters. The summed E-state index contributed by atoms with van der Waals surface area (Å²) in [5, 5.41) is 29.4. The van der Waals surface area contributed by atoms with Crippen molar-refractivity contribution < 1.29 is 67.7 Å². The molecule has 0 unspecified atom stereocenters. The summed E-state index contributed by atoms with van der Waals surface area (Å²) in [6.45, 7) is 1.70. The Morgan fingerprint density at radius 1 is 0.571 bits per heavy atom. The zero-order chi connectivity index (χ0) is 31.4. The smallest absolute Gasteiger partial charge is 0.317 e. The molecule has 0 rings (SSSR count). The monoisotopic (exact) mass is 611 g/mol. The predicted molar refractivity (Wildman–Crippen MR) is 144 cm³/mol. The normalized spacial score (nSPS) is 11.2. The van der Waals surface area contributed by atoms with E-state index in [0.717, 1.165) is 0 Å². The number of rotatable bonds is 31. The Balaban J connectivity index is 3.90. The molecule has 0 radical (unpaired) electrons. The van der Waals surface area contributed by atoms with Gasteiger partial charge in [0.25, 0.3) is 0 Å². The van der Waals surface area contributed by atoms with Gasteiger partial charge in [0.2, 0.25) is 5.91 Å². The van der Waals surface area contributed by atoms with E-state index in [1.165, 1.54) is 9.80 Å². The standard InChI is InChI=1S/C25H45N3O14/c1-37-10-11-42-20-22(30)26-3-7-39-13-12-38-6-2-21(29)16-27(17-23(31)32)4-8-40-14-15-41-9-5-28(18-24(33)34)19-25(35)36/h2-20H2,1H3,(H,26,30)(H,31,32)(H,33,34)(H,35,36). The van der Waals surface area contributed by atoms with Gasteiger partial charge in [-0.05, 0) is 0 Å². The summed E-state index contributed by atoms with van der Waals surface area (Å²) in [6.07, 6.45) is 0.102. The largest absolute Gasteiger partial charge is 0.480 e. The Labute approximate surface area is 244 Å². The molecule has 0 fully saturated rings. The minimum atomic E-state index is -1.14. The highest BCUT2D eigenvalue weighted by Crippen LogP contribution is 1.95. The van der Waals surface area contributed by atoms with Crippen molar-refractivity contribution in [1.29, 1.82) is 0 Å². The summed E-state index contributed by atoms with van der Waals surface area (Å²) < 4.78 is 31.3. The lowest BCUT2D eigenvalue weighted by Crippen LogP contribution is -2.37. The van der Waals surface area contributed by atoms with Gasteiger partial charge in [0.1, 0.15) is 12.4 Å². The third-order valence-electron chi connectivity index (χ3n) is 5.08. The van der Waals surface area contributed by atoms with Gasteiger partial charge in [-0.2, -0.15) is 0 Å². The number of Topliss-reactive ketones (excluding diaryl/α,β-unsaturated/α-hetero) is 1. The molecule has 0 aromatic carbocycles. The highest BCUT2D eigenvalue weighted by atomic mass is 16.5.